The Balaban J connectivity index is 1.60. The molecule has 1 unspecified atom stereocenters. The van der Waals surface area contributed by atoms with Crippen LogP contribution in [0.3, 0.4) is 0 Å². The molecule has 1 saturated carbocycles. The first-order valence-corrected chi connectivity index (χ1v) is 11.7. The van der Waals surface area contributed by atoms with Crippen molar-refractivity contribution in [2.24, 2.45) is 0 Å². The number of nitrogens with one attached hydrogen (secondary N) is 1. The van der Waals surface area contributed by atoms with Gasteiger partial charge in [-0.3, -0.25) is 9.69 Å². The number of fused-ring (bicyclic) bond motifs is 1. The fourth-order valence-corrected chi connectivity index (χ4v) is 4.78. The Labute approximate surface area is 209 Å². The summed E-state index contributed by atoms with van der Waals surface area (Å²) in [5.41, 5.74) is 1.63. The quantitative estimate of drug-likeness (QED) is 0.405. The Kier molecular flexibility index (Phi) is 7.12. The molecule has 2 aliphatic rings. The van der Waals surface area contributed by atoms with Crippen LogP contribution in [0.25, 0.3) is 0 Å². The third-order valence-electron chi connectivity index (χ3n) is 6.03. The van der Waals surface area contributed by atoms with E-state index in [1.165, 1.54) is 31.4 Å². The molecule has 2 aromatic rings. The van der Waals surface area contributed by atoms with Gasteiger partial charge in [-0.1, -0.05) is 12.8 Å². The van der Waals surface area contributed by atoms with Crippen LogP contribution in [0.15, 0.2) is 34.8 Å². The molecule has 1 aliphatic carbocycles. The first-order chi connectivity index (χ1) is 16.8. The lowest BCUT2D eigenvalue weighted by Crippen LogP contribution is -2.48. The van der Waals surface area contributed by atoms with E-state index in [1.54, 1.807) is 0 Å². The highest BCUT2D eigenvalue weighted by Gasteiger charge is 2.35. The molecule has 4 rings (SSSR count). The molecule has 11 heteroatoms. The Morgan fingerprint density at radius 3 is 2.63 bits per heavy atom. The summed E-state index contributed by atoms with van der Waals surface area (Å²) in [5, 5.41) is 21.5. The van der Waals surface area contributed by atoms with Crippen LogP contribution in [0.2, 0.25) is 0 Å². The molecular formula is C24H22BrN3O7. The molecule has 0 aromatic heterocycles. The zero-order chi connectivity index (χ0) is 25.1. The van der Waals surface area contributed by atoms with Gasteiger partial charge >= 0.3 is 12.2 Å². The molecule has 1 atom stereocenters. The lowest BCUT2D eigenvalue weighted by Gasteiger charge is -2.32. The summed E-state index contributed by atoms with van der Waals surface area (Å²) < 4.78 is 16.3. The van der Waals surface area contributed by atoms with Crippen LogP contribution < -0.4 is 19.7 Å². The summed E-state index contributed by atoms with van der Waals surface area (Å²) in [4.78, 5) is 37.7. The highest BCUT2D eigenvalue weighted by atomic mass is 79.9. The maximum Gasteiger partial charge on any atom is 0.513 e. The second-order valence-electron chi connectivity index (χ2n) is 8.19. The number of carbonyl (C=O) groups is 3. The van der Waals surface area contributed by atoms with E-state index in [1.807, 2.05) is 12.1 Å². The molecule has 0 bridgehead atoms. The number of amides is 2. The average molecular weight is 544 g/mol. The van der Waals surface area contributed by atoms with Crippen LogP contribution in [0, 0.1) is 11.3 Å². The van der Waals surface area contributed by atoms with Crippen LogP contribution in [0.1, 0.15) is 42.7 Å². The Hall–Kier alpha value is -3.78. The number of nitrogens with zero attached hydrogens (tertiary/aromatic N) is 2. The van der Waals surface area contributed by atoms with Crippen molar-refractivity contribution in [1.29, 1.82) is 5.26 Å². The largest absolute Gasteiger partial charge is 0.513 e. The Morgan fingerprint density at radius 2 is 1.97 bits per heavy atom. The molecule has 0 spiro atoms. The Bertz CT molecular complexity index is 1220. The molecule has 182 valence electrons. The van der Waals surface area contributed by atoms with Gasteiger partial charge in [0.1, 0.15) is 11.5 Å². The van der Waals surface area contributed by atoms with Gasteiger partial charge in [0.25, 0.3) is 5.91 Å². The van der Waals surface area contributed by atoms with E-state index in [9.17, 15) is 19.5 Å². The number of ether oxygens (including phenoxy) is 3. The SMILES string of the molecule is COC(=O)Oc1cc(NC(=O)C2CN(C(=O)O)c3cc(C#N)ccc3O2)c(Br)cc1C1CCCC1. The first-order valence-electron chi connectivity index (χ1n) is 10.9. The van der Waals surface area contributed by atoms with E-state index in [4.69, 9.17) is 14.7 Å². The van der Waals surface area contributed by atoms with Gasteiger partial charge in [0.2, 0.25) is 0 Å². The van der Waals surface area contributed by atoms with Gasteiger partial charge in [0, 0.05) is 10.5 Å². The lowest BCUT2D eigenvalue weighted by atomic mass is 9.96. The third-order valence-corrected chi connectivity index (χ3v) is 6.69. The van der Waals surface area contributed by atoms with Crippen LogP contribution in [-0.4, -0.2) is 43.0 Å². The van der Waals surface area contributed by atoms with E-state index in [2.05, 4.69) is 26.0 Å². The van der Waals surface area contributed by atoms with Crippen molar-refractivity contribution in [1.82, 2.24) is 0 Å². The van der Waals surface area contributed by atoms with Gasteiger partial charge in [-0.15, -0.1) is 0 Å². The first kappa shape index (κ1) is 24.3. The predicted octanol–water partition coefficient (Wildman–Crippen LogP) is 5.01. The molecule has 0 saturated heterocycles. The fraction of sp³-hybridized carbons (Fsp3) is 0.333. The van der Waals surface area contributed by atoms with Crippen molar-refractivity contribution < 1.29 is 33.7 Å². The van der Waals surface area contributed by atoms with Gasteiger partial charge in [-0.05, 0) is 64.5 Å². The second-order valence-corrected chi connectivity index (χ2v) is 9.05. The highest BCUT2D eigenvalue weighted by Crippen LogP contribution is 2.43. The smallest absolute Gasteiger partial charge is 0.476 e. The summed E-state index contributed by atoms with van der Waals surface area (Å²) in [5.74, 6) is 0.0809. The number of benzene rings is 2. The molecule has 0 radical (unpaired) electrons. The van der Waals surface area contributed by atoms with Crippen molar-refractivity contribution in [2.45, 2.75) is 37.7 Å². The monoisotopic (exact) mass is 543 g/mol. The van der Waals surface area contributed by atoms with Crippen molar-refractivity contribution in [3.63, 3.8) is 0 Å². The molecule has 1 heterocycles. The number of rotatable bonds is 4. The van der Waals surface area contributed by atoms with Crippen molar-refractivity contribution in [2.75, 3.05) is 23.9 Å². The number of carboxylic acid groups (broad SMARTS) is 1. The Morgan fingerprint density at radius 1 is 1.23 bits per heavy atom. The predicted molar refractivity (Wildman–Crippen MR) is 128 cm³/mol. The molecule has 2 amide bonds. The summed E-state index contributed by atoms with van der Waals surface area (Å²) >= 11 is 3.48. The van der Waals surface area contributed by atoms with E-state index < -0.39 is 24.3 Å². The maximum atomic E-state index is 13.1. The van der Waals surface area contributed by atoms with Crippen molar-refractivity contribution in [3.8, 4) is 17.6 Å². The van der Waals surface area contributed by atoms with Gasteiger partial charge in [0.15, 0.2) is 6.10 Å². The molecule has 1 aliphatic heterocycles. The van der Waals surface area contributed by atoms with Crippen LogP contribution in [0.5, 0.6) is 11.5 Å². The normalized spacial score (nSPS) is 17.1. The highest BCUT2D eigenvalue weighted by molar-refractivity contribution is 9.10. The standard InChI is InChI=1S/C24H22BrN3O7/c1-33-24(32)35-20-10-17(16(25)9-15(20)14-4-2-3-5-14)27-22(29)21-12-28(23(30)31)18-8-13(11-26)6-7-19(18)34-21/h6-10,14,21H,2-5,12H2,1H3,(H,27,29)(H,30,31). The number of halogens is 1. The van der Waals surface area contributed by atoms with Crippen LogP contribution in [0.4, 0.5) is 21.0 Å². The number of hydrogen-bond acceptors (Lipinski definition) is 7. The summed E-state index contributed by atoms with van der Waals surface area (Å²) in [7, 11) is 1.21. The van der Waals surface area contributed by atoms with Crippen molar-refractivity contribution in [3.05, 3.63) is 45.9 Å². The average Bonchev–Trinajstić information content (AvgIpc) is 3.39. The molecular weight excluding hydrogens is 522 g/mol. The van der Waals surface area contributed by atoms with Gasteiger partial charge in [-0.2, -0.15) is 5.26 Å². The molecule has 35 heavy (non-hydrogen) atoms. The molecule has 10 nitrogen and oxygen atoms in total. The van der Waals surface area contributed by atoms with E-state index >= 15 is 0 Å². The van der Waals surface area contributed by atoms with Crippen molar-refractivity contribution >= 4 is 45.5 Å². The minimum absolute atomic E-state index is 0.170. The van der Waals surface area contributed by atoms with Gasteiger partial charge in [0.05, 0.1) is 36.7 Å². The van der Waals surface area contributed by atoms with Gasteiger partial charge in [-0.25, -0.2) is 9.59 Å². The zero-order valence-corrected chi connectivity index (χ0v) is 20.3. The van der Waals surface area contributed by atoms with Crippen LogP contribution in [-0.2, 0) is 9.53 Å². The summed E-state index contributed by atoms with van der Waals surface area (Å²) in [6.45, 7) is -0.271. The molecule has 2 N–H and O–H groups in total. The van der Waals surface area contributed by atoms with E-state index in [-0.39, 0.29) is 35.2 Å². The topological polar surface area (TPSA) is 138 Å². The second kappa shape index (κ2) is 10.2. The van der Waals surface area contributed by atoms with E-state index in [0.29, 0.717) is 10.2 Å². The van der Waals surface area contributed by atoms with Gasteiger partial charge < -0.3 is 24.6 Å². The zero-order valence-electron chi connectivity index (χ0n) is 18.7. The number of carbonyl (C=O) groups excluding carboxylic acids is 2. The minimum Gasteiger partial charge on any atom is -0.476 e. The number of nitriles is 1. The maximum absolute atomic E-state index is 13.1. The number of anilines is 2. The van der Waals surface area contributed by atoms with Crippen LogP contribution >= 0.6 is 15.9 Å². The molecule has 2 aromatic carbocycles. The summed E-state index contributed by atoms with van der Waals surface area (Å²) in [6, 6.07) is 9.64. The third kappa shape index (κ3) is 5.17. The number of hydrogen-bond donors (Lipinski definition) is 2. The fourth-order valence-electron chi connectivity index (χ4n) is 4.32. The summed E-state index contributed by atoms with van der Waals surface area (Å²) in [6.07, 6.45) is 0.776. The molecule has 1 fully saturated rings. The number of methoxy groups -OCH3 is 1. The van der Waals surface area contributed by atoms with E-state index in [0.717, 1.165) is 36.1 Å². The minimum atomic E-state index is -1.28. The lowest BCUT2D eigenvalue weighted by molar-refractivity contribution is -0.122.